The van der Waals surface area contributed by atoms with Crippen LogP contribution in [0, 0.1) is 13.8 Å². The first-order valence-electron chi connectivity index (χ1n) is 6.63. The second kappa shape index (κ2) is 5.39. The Kier molecular flexibility index (Phi) is 3.84. The summed E-state index contributed by atoms with van der Waals surface area (Å²) in [6.45, 7) is 6.10. The number of aromatic nitrogens is 2. The SMILES string of the molecule is CCc1cc(CC(=O)c2cc(C)cc(C)c2)n(C)n1. The first kappa shape index (κ1) is 13.5. The molecule has 2 aromatic rings. The molecule has 2 rings (SSSR count). The molecule has 0 spiro atoms. The van der Waals surface area contributed by atoms with Crippen LogP contribution < -0.4 is 0 Å². The van der Waals surface area contributed by atoms with Gasteiger partial charge in [-0.3, -0.25) is 9.48 Å². The number of rotatable bonds is 4. The summed E-state index contributed by atoms with van der Waals surface area (Å²) in [6.07, 6.45) is 1.30. The van der Waals surface area contributed by atoms with Crippen molar-refractivity contribution in [2.45, 2.75) is 33.6 Å². The molecule has 3 nitrogen and oxygen atoms in total. The minimum atomic E-state index is 0.150. The van der Waals surface area contributed by atoms with Crippen LogP contribution in [0.5, 0.6) is 0 Å². The van der Waals surface area contributed by atoms with E-state index < -0.39 is 0 Å². The average Bonchev–Trinajstić information content (AvgIpc) is 2.69. The Morgan fingerprint density at radius 2 is 1.79 bits per heavy atom. The number of aryl methyl sites for hydroxylation is 4. The van der Waals surface area contributed by atoms with Gasteiger partial charge in [0.2, 0.25) is 0 Å². The molecule has 0 aliphatic carbocycles. The summed E-state index contributed by atoms with van der Waals surface area (Å²) >= 11 is 0. The fraction of sp³-hybridized carbons (Fsp3) is 0.375. The Balaban J connectivity index is 2.22. The van der Waals surface area contributed by atoms with Crippen LogP contribution in [0.15, 0.2) is 24.3 Å². The van der Waals surface area contributed by atoms with Crippen LogP contribution in [0.3, 0.4) is 0 Å². The lowest BCUT2D eigenvalue weighted by atomic mass is 10.0. The number of carbonyl (C=O) groups is 1. The quantitative estimate of drug-likeness (QED) is 0.788. The molecule has 19 heavy (non-hydrogen) atoms. The van der Waals surface area contributed by atoms with Crippen molar-refractivity contribution in [1.82, 2.24) is 9.78 Å². The van der Waals surface area contributed by atoms with Crippen LogP contribution in [0.2, 0.25) is 0 Å². The summed E-state index contributed by atoms with van der Waals surface area (Å²) < 4.78 is 1.80. The van der Waals surface area contributed by atoms with Crippen molar-refractivity contribution in [3.63, 3.8) is 0 Å². The number of nitrogens with zero attached hydrogens (tertiary/aromatic N) is 2. The molecule has 3 heteroatoms. The third-order valence-corrected chi connectivity index (χ3v) is 3.27. The Morgan fingerprint density at radius 1 is 1.16 bits per heavy atom. The first-order valence-corrected chi connectivity index (χ1v) is 6.63. The van der Waals surface area contributed by atoms with E-state index in [1.54, 1.807) is 4.68 Å². The molecule has 100 valence electrons. The molecule has 0 bridgehead atoms. The van der Waals surface area contributed by atoms with Crippen LogP contribution in [-0.2, 0) is 19.9 Å². The largest absolute Gasteiger partial charge is 0.294 e. The van der Waals surface area contributed by atoms with Gasteiger partial charge in [0.05, 0.1) is 12.1 Å². The van der Waals surface area contributed by atoms with E-state index in [0.717, 1.165) is 34.5 Å². The van der Waals surface area contributed by atoms with E-state index in [1.165, 1.54) is 0 Å². The number of hydrogen-bond donors (Lipinski definition) is 0. The van der Waals surface area contributed by atoms with E-state index >= 15 is 0 Å². The van der Waals surface area contributed by atoms with Gasteiger partial charge in [0, 0.05) is 18.3 Å². The number of benzene rings is 1. The van der Waals surface area contributed by atoms with E-state index in [1.807, 2.05) is 39.1 Å². The molecule has 0 amide bonds. The van der Waals surface area contributed by atoms with Crippen LogP contribution in [-0.4, -0.2) is 15.6 Å². The molecular formula is C16H20N2O. The van der Waals surface area contributed by atoms with Crippen molar-refractivity contribution >= 4 is 5.78 Å². The maximum atomic E-state index is 12.3. The van der Waals surface area contributed by atoms with E-state index in [-0.39, 0.29) is 5.78 Å². The van der Waals surface area contributed by atoms with Gasteiger partial charge in [-0.2, -0.15) is 5.10 Å². The molecule has 0 radical (unpaired) electrons. The molecule has 0 N–H and O–H groups in total. The van der Waals surface area contributed by atoms with Crippen LogP contribution in [0.25, 0.3) is 0 Å². The number of hydrogen-bond acceptors (Lipinski definition) is 2. The summed E-state index contributed by atoms with van der Waals surface area (Å²) in [5.41, 5.74) is 5.05. The van der Waals surface area contributed by atoms with Crippen molar-refractivity contribution in [3.8, 4) is 0 Å². The van der Waals surface area contributed by atoms with E-state index in [4.69, 9.17) is 0 Å². The zero-order valence-electron chi connectivity index (χ0n) is 12.0. The Hall–Kier alpha value is -1.90. The van der Waals surface area contributed by atoms with Gasteiger partial charge in [0.15, 0.2) is 5.78 Å². The van der Waals surface area contributed by atoms with Gasteiger partial charge in [0.25, 0.3) is 0 Å². The molecule has 0 aliphatic rings. The zero-order chi connectivity index (χ0) is 14.0. The summed E-state index contributed by atoms with van der Waals surface area (Å²) in [5.74, 6) is 0.150. The summed E-state index contributed by atoms with van der Waals surface area (Å²) in [5, 5.41) is 4.38. The van der Waals surface area contributed by atoms with Crippen LogP contribution in [0.1, 0.15) is 39.8 Å². The molecule has 0 fully saturated rings. The number of carbonyl (C=O) groups excluding carboxylic acids is 1. The van der Waals surface area contributed by atoms with Gasteiger partial charge < -0.3 is 0 Å². The summed E-state index contributed by atoms with van der Waals surface area (Å²) in [7, 11) is 1.89. The van der Waals surface area contributed by atoms with Crippen molar-refractivity contribution in [1.29, 1.82) is 0 Å². The van der Waals surface area contributed by atoms with Crippen molar-refractivity contribution in [2.75, 3.05) is 0 Å². The Morgan fingerprint density at radius 3 is 2.32 bits per heavy atom. The van der Waals surface area contributed by atoms with Gasteiger partial charge in [-0.15, -0.1) is 0 Å². The lowest BCUT2D eigenvalue weighted by Gasteiger charge is -2.04. The molecule has 1 heterocycles. The van der Waals surface area contributed by atoms with Crippen molar-refractivity contribution in [3.05, 3.63) is 52.3 Å². The van der Waals surface area contributed by atoms with Crippen LogP contribution in [0.4, 0.5) is 0 Å². The fourth-order valence-corrected chi connectivity index (χ4v) is 2.31. The first-order chi connectivity index (χ1) is 8.99. The highest BCUT2D eigenvalue weighted by atomic mass is 16.1. The molecule has 0 saturated carbocycles. The van der Waals surface area contributed by atoms with Crippen molar-refractivity contribution < 1.29 is 4.79 Å². The highest BCUT2D eigenvalue weighted by Gasteiger charge is 2.12. The van der Waals surface area contributed by atoms with Gasteiger partial charge in [-0.1, -0.05) is 24.1 Å². The molecule has 0 saturated heterocycles. The minimum absolute atomic E-state index is 0.150. The van der Waals surface area contributed by atoms with E-state index in [2.05, 4.69) is 18.1 Å². The second-order valence-corrected chi connectivity index (χ2v) is 5.08. The van der Waals surface area contributed by atoms with E-state index in [0.29, 0.717) is 6.42 Å². The maximum absolute atomic E-state index is 12.3. The van der Waals surface area contributed by atoms with Crippen LogP contribution >= 0.6 is 0 Å². The maximum Gasteiger partial charge on any atom is 0.168 e. The normalized spacial score (nSPS) is 10.7. The van der Waals surface area contributed by atoms with E-state index in [9.17, 15) is 4.79 Å². The number of Topliss-reactive ketones (excluding diaryl/α,β-unsaturated/α-hetero) is 1. The van der Waals surface area contributed by atoms with Gasteiger partial charge >= 0.3 is 0 Å². The molecule has 0 unspecified atom stereocenters. The molecule has 0 aliphatic heterocycles. The molecule has 1 aromatic heterocycles. The van der Waals surface area contributed by atoms with Gasteiger partial charge in [-0.05, 0) is 38.5 Å². The standard InChI is InChI=1S/C16H20N2O/c1-5-14-9-15(18(4)17-14)10-16(19)13-7-11(2)6-12(3)8-13/h6-9H,5,10H2,1-4H3. The van der Waals surface area contributed by atoms with Gasteiger partial charge in [0.1, 0.15) is 0 Å². The monoisotopic (exact) mass is 256 g/mol. The topological polar surface area (TPSA) is 34.9 Å². The third-order valence-electron chi connectivity index (χ3n) is 3.27. The fourth-order valence-electron chi connectivity index (χ4n) is 2.31. The van der Waals surface area contributed by atoms with Crippen molar-refractivity contribution in [2.24, 2.45) is 7.05 Å². The lowest BCUT2D eigenvalue weighted by Crippen LogP contribution is -2.08. The molecule has 1 aromatic carbocycles. The number of ketones is 1. The summed E-state index contributed by atoms with van der Waals surface area (Å²) in [6, 6.07) is 8.00. The molecule has 0 atom stereocenters. The minimum Gasteiger partial charge on any atom is -0.294 e. The third kappa shape index (κ3) is 3.11. The molecular weight excluding hydrogens is 236 g/mol. The average molecular weight is 256 g/mol. The highest BCUT2D eigenvalue weighted by molar-refractivity contribution is 5.97. The summed E-state index contributed by atoms with van der Waals surface area (Å²) in [4.78, 5) is 12.3. The lowest BCUT2D eigenvalue weighted by molar-refractivity contribution is 0.0990. The zero-order valence-corrected chi connectivity index (χ0v) is 12.0. The Bertz CT molecular complexity index is 591. The predicted molar refractivity (Wildman–Crippen MR) is 76.5 cm³/mol. The smallest absolute Gasteiger partial charge is 0.168 e. The predicted octanol–water partition coefficient (Wildman–Crippen LogP) is 3.02. The Labute approximate surface area is 114 Å². The van der Waals surface area contributed by atoms with Gasteiger partial charge in [-0.25, -0.2) is 0 Å². The second-order valence-electron chi connectivity index (χ2n) is 5.08. The highest BCUT2D eigenvalue weighted by Crippen LogP contribution is 2.13.